The van der Waals surface area contributed by atoms with E-state index in [1.807, 2.05) is 36.4 Å². The number of carbonyl (C=O) groups is 1. The first-order valence-electron chi connectivity index (χ1n) is 10.3. The molecular weight excluding hydrogens is 491 g/mol. The van der Waals surface area contributed by atoms with Gasteiger partial charge in [0, 0.05) is 38.2 Å². The van der Waals surface area contributed by atoms with E-state index in [9.17, 15) is 4.79 Å². The first-order chi connectivity index (χ1) is 14.2. The van der Waals surface area contributed by atoms with Gasteiger partial charge in [-0.05, 0) is 49.1 Å². The molecule has 0 spiro atoms. The Morgan fingerprint density at radius 2 is 2.00 bits per heavy atom. The van der Waals surface area contributed by atoms with Gasteiger partial charge in [-0.3, -0.25) is 9.79 Å². The van der Waals surface area contributed by atoms with Crippen molar-refractivity contribution >= 4 is 35.8 Å². The highest BCUT2D eigenvalue weighted by atomic mass is 127. The third-order valence-corrected chi connectivity index (χ3v) is 5.02. The number of aliphatic imine (C=N–C) groups is 1. The largest absolute Gasteiger partial charge is 0.493 e. The Kier molecular flexibility index (Phi) is 9.93. The molecule has 0 fully saturated rings. The second-order valence-corrected chi connectivity index (χ2v) is 7.05. The number of guanidine groups is 1. The molecule has 2 aromatic rings. The van der Waals surface area contributed by atoms with Crippen LogP contribution in [0, 0.1) is 0 Å². The molecule has 1 atom stereocenters. The number of carbonyl (C=O) groups excluding carboxylic acids is 1. The van der Waals surface area contributed by atoms with Crippen molar-refractivity contribution in [3.8, 4) is 5.75 Å². The molecule has 6 nitrogen and oxygen atoms in total. The summed E-state index contributed by atoms with van der Waals surface area (Å²) in [5.41, 5.74) is 3.04. The minimum absolute atomic E-state index is 0. The molecule has 0 saturated heterocycles. The number of hydrogen-bond donors (Lipinski definition) is 3. The maximum atomic E-state index is 11.8. The van der Waals surface area contributed by atoms with Gasteiger partial charge in [-0.2, -0.15) is 0 Å². The van der Waals surface area contributed by atoms with E-state index in [1.54, 1.807) is 7.05 Å². The van der Waals surface area contributed by atoms with E-state index in [4.69, 9.17) is 9.73 Å². The molecule has 1 aliphatic heterocycles. The predicted octanol–water partition coefficient (Wildman–Crippen LogP) is 3.33. The molecule has 1 amide bonds. The van der Waals surface area contributed by atoms with E-state index in [1.165, 1.54) is 5.56 Å². The summed E-state index contributed by atoms with van der Waals surface area (Å²) in [7, 11) is 1.65. The molecule has 1 aliphatic rings. The monoisotopic (exact) mass is 522 g/mol. The van der Waals surface area contributed by atoms with E-state index in [2.05, 4.69) is 35.0 Å². The number of halogens is 1. The highest BCUT2D eigenvalue weighted by molar-refractivity contribution is 14.0. The summed E-state index contributed by atoms with van der Waals surface area (Å²) in [6.45, 7) is 5.08. The summed E-state index contributed by atoms with van der Waals surface area (Å²) in [4.78, 5) is 16.6. The molecule has 3 rings (SSSR count). The van der Waals surface area contributed by atoms with Crippen molar-refractivity contribution in [2.45, 2.75) is 25.7 Å². The number of rotatable bonds is 7. The van der Waals surface area contributed by atoms with Crippen LogP contribution in [0.15, 0.2) is 53.5 Å². The summed E-state index contributed by atoms with van der Waals surface area (Å²) in [5.74, 6) is 2.11. The zero-order chi connectivity index (χ0) is 20.5. The minimum Gasteiger partial charge on any atom is -0.493 e. The standard InChI is InChI=1S/C23H30N4O2.HI/c1-3-25-23(26-13-11-17-7-6-8-18(15-17)22(28)24-2)27-16-19-12-14-29-21-10-5-4-9-20(19)21;/h4-10,15,19H,3,11-14,16H2,1-2H3,(H,24,28)(H2,25,26,27);1H. The summed E-state index contributed by atoms with van der Waals surface area (Å²) in [6, 6.07) is 15.9. The van der Waals surface area contributed by atoms with Gasteiger partial charge in [0.15, 0.2) is 5.96 Å². The lowest BCUT2D eigenvalue weighted by Crippen LogP contribution is -2.38. The molecule has 0 bridgehead atoms. The van der Waals surface area contributed by atoms with Gasteiger partial charge in [-0.25, -0.2) is 0 Å². The normalized spacial score (nSPS) is 15.3. The van der Waals surface area contributed by atoms with Crippen LogP contribution in [0.1, 0.15) is 40.7 Å². The molecule has 0 aliphatic carbocycles. The lowest BCUT2D eigenvalue weighted by atomic mass is 9.93. The quantitative estimate of drug-likeness (QED) is 0.297. The lowest BCUT2D eigenvalue weighted by molar-refractivity contribution is 0.0963. The number of nitrogens with one attached hydrogen (secondary N) is 3. The zero-order valence-corrected chi connectivity index (χ0v) is 19.9. The molecule has 0 aromatic heterocycles. The van der Waals surface area contributed by atoms with E-state index in [0.717, 1.165) is 56.4 Å². The molecule has 2 aromatic carbocycles. The van der Waals surface area contributed by atoms with Crippen molar-refractivity contribution in [1.29, 1.82) is 0 Å². The topological polar surface area (TPSA) is 74.8 Å². The number of para-hydroxylation sites is 1. The third-order valence-electron chi connectivity index (χ3n) is 5.02. The molecule has 30 heavy (non-hydrogen) atoms. The summed E-state index contributed by atoms with van der Waals surface area (Å²) < 4.78 is 5.75. The molecular formula is C23H31IN4O2. The van der Waals surface area contributed by atoms with E-state index in [-0.39, 0.29) is 29.9 Å². The Hall–Kier alpha value is -2.29. The molecule has 1 unspecified atom stereocenters. The van der Waals surface area contributed by atoms with Crippen LogP contribution in [0.25, 0.3) is 0 Å². The van der Waals surface area contributed by atoms with Crippen LogP contribution in [0.3, 0.4) is 0 Å². The second kappa shape index (κ2) is 12.4. The molecule has 0 radical (unpaired) electrons. The maximum Gasteiger partial charge on any atom is 0.251 e. The summed E-state index contributed by atoms with van der Waals surface area (Å²) in [5, 5.41) is 9.38. The maximum absolute atomic E-state index is 11.8. The third kappa shape index (κ3) is 6.62. The first-order valence-corrected chi connectivity index (χ1v) is 10.3. The van der Waals surface area contributed by atoms with Gasteiger partial charge in [-0.15, -0.1) is 24.0 Å². The summed E-state index contributed by atoms with van der Waals surface area (Å²) in [6.07, 6.45) is 1.79. The second-order valence-electron chi connectivity index (χ2n) is 7.05. The molecule has 3 N–H and O–H groups in total. The van der Waals surface area contributed by atoms with Gasteiger partial charge in [-0.1, -0.05) is 30.3 Å². The van der Waals surface area contributed by atoms with Crippen molar-refractivity contribution < 1.29 is 9.53 Å². The van der Waals surface area contributed by atoms with Crippen LogP contribution >= 0.6 is 24.0 Å². The average Bonchev–Trinajstić information content (AvgIpc) is 2.77. The van der Waals surface area contributed by atoms with Crippen molar-refractivity contribution in [3.05, 3.63) is 65.2 Å². The number of ether oxygens (including phenoxy) is 1. The van der Waals surface area contributed by atoms with Gasteiger partial charge in [0.05, 0.1) is 6.61 Å². The highest BCUT2D eigenvalue weighted by Crippen LogP contribution is 2.33. The fourth-order valence-electron chi connectivity index (χ4n) is 3.49. The molecule has 7 heteroatoms. The van der Waals surface area contributed by atoms with Crippen molar-refractivity contribution in [2.24, 2.45) is 4.99 Å². The Morgan fingerprint density at radius 3 is 2.80 bits per heavy atom. The first kappa shape index (κ1) is 24.0. The molecule has 1 heterocycles. The molecule has 0 saturated carbocycles. The lowest BCUT2D eigenvalue weighted by Gasteiger charge is -2.25. The number of hydrogen-bond acceptors (Lipinski definition) is 3. The van der Waals surface area contributed by atoms with Crippen molar-refractivity contribution in [3.63, 3.8) is 0 Å². The van der Waals surface area contributed by atoms with E-state index < -0.39 is 0 Å². The average molecular weight is 522 g/mol. The minimum atomic E-state index is -0.0635. The van der Waals surface area contributed by atoms with Crippen molar-refractivity contribution in [2.75, 3.05) is 33.3 Å². The Morgan fingerprint density at radius 1 is 1.17 bits per heavy atom. The Bertz CT molecular complexity index is 857. The number of fused-ring (bicyclic) bond motifs is 1. The van der Waals surface area contributed by atoms with Crippen LogP contribution in [0.4, 0.5) is 0 Å². The van der Waals surface area contributed by atoms with Gasteiger partial charge >= 0.3 is 0 Å². The number of benzene rings is 2. The summed E-state index contributed by atoms with van der Waals surface area (Å²) >= 11 is 0. The van der Waals surface area contributed by atoms with Crippen LogP contribution in [0.2, 0.25) is 0 Å². The Balaban J connectivity index is 0.00000320. The predicted molar refractivity (Wildman–Crippen MR) is 132 cm³/mol. The van der Waals surface area contributed by atoms with E-state index >= 15 is 0 Å². The van der Waals surface area contributed by atoms with Crippen LogP contribution < -0.4 is 20.7 Å². The van der Waals surface area contributed by atoms with E-state index in [0.29, 0.717) is 11.5 Å². The van der Waals surface area contributed by atoms with Gasteiger partial charge < -0.3 is 20.7 Å². The van der Waals surface area contributed by atoms with Gasteiger partial charge in [0.2, 0.25) is 0 Å². The number of nitrogens with zero attached hydrogens (tertiary/aromatic N) is 1. The highest BCUT2D eigenvalue weighted by Gasteiger charge is 2.20. The Labute approximate surface area is 195 Å². The fraction of sp³-hybridized carbons (Fsp3) is 0.391. The number of amides is 1. The van der Waals surface area contributed by atoms with Crippen LogP contribution in [-0.4, -0.2) is 45.2 Å². The van der Waals surface area contributed by atoms with Crippen LogP contribution in [-0.2, 0) is 6.42 Å². The molecule has 162 valence electrons. The van der Waals surface area contributed by atoms with Crippen molar-refractivity contribution in [1.82, 2.24) is 16.0 Å². The van der Waals surface area contributed by atoms with Gasteiger partial charge in [0.25, 0.3) is 5.91 Å². The van der Waals surface area contributed by atoms with Gasteiger partial charge in [0.1, 0.15) is 5.75 Å². The SMILES string of the molecule is CCNC(=NCC1CCOc2ccccc21)NCCc1cccc(C(=O)NC)c1.I. The smallest absolute Gasteiger partial charge is 0.251 e. The fourth-order valence-corrected chi connectivity index (χ4v) is 3.49. The zero-order valence-electron chi connectivity index (χ0n) is 17.6. The van der Waals surface area contributed by atoms with Crippen LogP contribution in [0.5, 0.6) is 5.75 Å².